The van der Waals surface area contributed by atoms with Crippen LogP contribution in [-0.4, -0.2) is 57.1 Å². The van der Waals surface area contributed by atoms with Crippen LogP contribution in [0.25, 0.3) is 27.8 Å². The van der Waals surface area contributed by atoms with Crippen LogP contribution in [0, 0.1) is 0 Å². The number of imidazole rings is 1. The van der Waals surface area contributed by atoms with Crippen LogP contribution in [-0.2, 0) is 0 Å². The van der Waals surface area contributed by atoms with Crippen LogP contribution in [0.5, 0.6) is 0 Å². The number of nitrogens with zero attached hydrogens (tertiary/aromatic N) is 12. The molecule has 0 atom stereocenters. The van der Waals surface area contributed by atoms with Crippen molar-refractivity contribution in [1.29, 1.82) is 0 Å². The number of fused-ring (bicyclic) bond motifs is 5. The summed E-state index contributed by atoms with van der Waals surface area (Å²) in [6.45, 7) is 0. The first kappa shape index (κ1) is 28.4. The molecule has 0 fully saturated rings. The van der Waals surface area contributed by atoms with E-state index in [1.807, 2.05) is 146 Å². The molecule has 45 heavy (non-hydrogen) atoms. The van der Waals surface area contributed by atoms with E-state index in [1.165, 1.54) is 12.7 Å². The molecule has 0 N–H and O–H groups in total. The van der Waals surface area contributed by atoms with Gasteiger partial charge in [0.15, 0.2) is 0 Å². The zero-order valence-corrected chi connectivity index (χ0v) is 24.0. The third-order valence-electron chi connectivity index (χ3n) is 6.36. The van der Waals surface area contributed by atoms with Crippen molar-refractivity contribution >= 4 is 27.8 Å². The van der Waals surface area contributed by atoms with Gasteiger partial charge in [-0.3, -0.25) is 9.38 Å². The van der Waals surface area contributed by atoms with E-state index >= 15 is 0 Å². The van der Waals surface area contributed by atoms with Crippen LogP contribution in [0.3, 0.4) is 0 Å². The maximum Gasteiger partial charge on any atom is 0.139 e. The van der Waals surface area contributed by atoms with Gasteiger partial charge in [-0.05, 0) is 66.7 Å². The SMILES string of the molecule is c1cc2cnccn2c1.c1cc2cncnn2c1.c1cc2ncncn2c1.c1ccn2cncc2c1.c1cnc2cccn2c1. The van der Waals surface area contributed by atoms with Crippen LogP contribution < -0.4 is 0 Å². The van der Waals surface area contributed by atoms with Crippen molar-refractivity contribution in [2.45, 2.75) is 0 Å². The monoisotopic (exact) mass is 592 g/mol. The lowest BCUT2D eigenvalue weighted by molar-refractivity contribution is 0.903. The Morgan fingerprint density at radius 1 is 0.400 bits per heavy atom. The Labute approximate surface area is 257 Å². The largest absolute Gasteiger partial charge is 0.321 e. The predicted octanol–water partition coefficient (Wildman–Crippen LogP) is 5.46. The van der Waals surface area contributed by atoms with Crippen LogP contribution in [0.15, 0.2) is 172 Å². The summed E-state index contributed by atoms with van der Waals surface area (Å²) in [4.78, 5) is 23.7. The van der Waals surface area contributed by atoms with Crippen LogP contribution >= 0.6 is 0 Å². The standard InChI is InChI=1S/3C7H6N2.2C6H5N3/c1-3-7-8-4-2-6-9(7)5-1;1-2-7-6-8-3-5-9(7)4-1;1-2-4-9-6-8-5-7(9)3-1;1-2-6-8-4-7-5-9(6)3-1;1-2-6-4-7-5-8-9(6)3-1/h3*1-6H;2*1-5H. The lowest BCUT2D eigenvalue weighted by atomic mass is 10.4. The van der Waals surface area contributed by atoms with Gasteiger partial charge in [-0.2, -0.15) is 5.10 Å². The van der Waals surface area contributed by atoms with Crippen molar-refractivity contribution in [2.75, 3.05) is 0 Å². The first-order valence-electron chi connectivity index (χ1n) is 13.9. The second kappa shape index (κ2) is 14.5. The third kappa shape index (κ3) is 7.59. The molecule has 10 aromatic heterocycles. The zero-order valence-electron chi connectivity index (χ0n) is 24.0. The first-order valence-corrected chi connectivity index (χ1v) is 13.9. The van der Waals surface area contributed by atoms with Gasteiger partial charge in [0.25, 0.3) is 0 Å². The summed E-state index contributed by atoms with van der Waals surface area (Å²) >= 11 is 0. The van der Waals surface area contributed by atoms with E-state index in [4.69, 9.17) is 0 Å². The van der Waals surface area contributed by atoms with Gasteiger partial charge in [-0.1, -0.05) is 6.07 Å². The van der Waals surface area contributed by atoms with Crippen LogP contribution in [0.2, 0.25) is 0 Å². The highest BCUT2D eigenvalue weighted by Gasteiger charge is 1.89. The Hall–Kier alpha value is -6.69. The molecule has 0 amide bonds. The molecule has 12 nitrogen and oxygen atoms in total. The smallest absolute Gasteiger partial charge is 0.139 e. The fourth-order valence-corrected chi connectivity index (χ4v) is 4.19. The van der Waals surface area contributed by atoms with E-state index in [-0.39, 0.29) is 0 Å². The molecule has 0 aliphatic carbocycles. The van der Waals surface area contributed by atoms with Gasteiger partial charge in [-0.25, -0.2) is 29.4 Å². The topological polar surface area (TPSA) is 112 Å². The molecule has 10 rings (SSSR count). The molecule has 10 aromatic rings. The highest BCUT2D eigenvalue weighted by Crippen LogP contribution is 2.00. The maximum atomic E-state index is 4.10. The molecule has 10 heterocycles. The van der Waals surface area contributed by atoms with Crippen LogP contribution in [0.4, 0.5) is 0 Å². The highest BCUT2D eigenvalue weighted by molar-refractivity contribution is 5.45. The van der Waals surface area contributed by atoms with Gasteiger partial charge < -0.3 is 13.2 Å². The Kier molecular flexibility index (Phi) is 9.14. The molecule has 0 bridgehead atoms. The van der Waals surface area contributed by atoms with Crippen LogP contribution in [0.1, 0.15) is 0 Å². The second-order valence-electron chi connectivity index (χ2n) is 9.31. The normalized spacial score (nSPS) is 10.2. The molecule has 0 saturated heterocycles. The third-order valence-corrected chi connectivity index (χ3v) is 6.36. The van der Waals surface area contributed by atoms with Crippen molar-refractivity contribution in [2.24, 2.45) is 0 Å². The fourth-order valence-electron chi connectivity index (χ4n) is 4.19. The molecule has 0 aliphatic heterocycles. The van der Waals surface area contributed by atoms with Gasteiger partial charge in [0.05, 0.1) is 41.5 Å². The van der Waals surface area contributed by atoms with Gasteiger partial charge in [0.2, 0.25) is 0 Å². The summed E-state index contributed by atoms with van der Waals surface area (Å²) in [6.07, 6.45) is 29.2. The summed E-state index contributed by atoms with van der Waals surface area (Å²) in [6, 6.07) is 23.6. The summed E-state index contributed by atoms with van der Waals surface area (Å²) in [5, 5.41) is 3.95. The van der Waals surface area contributed by atoms with Gasteiger partial charge >= 0.3 is 0 Å². The summed E-state index contributed by atoms with van der Waals surface area (Å²) in [5.74, 6) is 0. The Balaban J connectivity index is 0.0000000992. The quantitative estimate of drug-likeness (QED) is 0.230. The molecule has 220 valence electrons. The molecule has 0 aliphatic rings. The summed E-state index contributed by atoms with van der Waals surface area (Å²) < 4.78 is 9.60. The van der Waals surface area contributed by atoms with E-state index in [2.05, 4.69) is 35.0 Å². The van der Waals surface area contributed by atoms with E-state index in [1.54, 1.807) is 35.8 Å². The molecular weight excluding hydrogens is 564 g/mol. The Bertz CT molecular complexity index is 1790. The summed E-state index contributed by atoms with van der Waals surface area (Å²) in [5.41, 5.74) is 5.23. The number of rotatable bonds is 0. The molecular formula is C33H28N12. The van der Waals surface area contributed by atoms with E-state index < -0.39 is 0 Å². The maximum absolute atomic E-state index is 4.10. The minimum atomic E-state index is 0.935. The zero-order chi connectivity index (χ0) is 30.5. The van der Waals surface area contributed by atoms with Gasteiger partial charge in [0, 0.05) is 55.8 Å². The van der Waals surface area contributed by atoms with E-state index in [0.29, 0.717) is 0 Å². The van der Waals surface area contributed by atoms with Crippen molar-refractivity contribution in [3.05, 3.63) is 172 Å². The number of hydrogen-bond donors (Lipinski definition) is 0. The molecule has 0 spiro atoms. The van der Waals surface area contributed by atoms with Gasteiger partial charge in [-0.15, -0.1) is 0 Å². The molecule has 0 aromatic carbocycles. The minimum Gasteiger partial charge on any atom is -0.321 e. The Morgan fingerprint density at radius 3 is 1.91 bits per heavy atom. The Morgan fingerprint density at radius 2 is 1.07 bits per heavy atom. The average molecular weight is 593 g/mol. The van der Waals surface area contributed by atoms with E-state index in [9.17, 15) is 0 Å². The average Bonchev–Trinajstić information content (AvgIpc) is 3.95. The van der Waals surface area contributed by atoms with Crippen molar-refractivity contribution < 1.29 is 0 Å². The first-order chi connectivity index (χ1) is 22.3. The van der Waals surface area contributed by atoms with Crippen molar-refractivity contribution in [1.82, 2.24) is 57.1 Å². The van der Waals surface area contributed by atoms with Crippen molar-refractivity contribution in [3.8, 4) is 0 Å². The van der Waals surface area contributed by atoms with E-state index in [0.717, 1.165) is 27.8 Å². The number of hydrogen-bond acceptors (Lipinski definition) is 7. The number of pyridine rings is 1. The van der Waals surface area contributed by atoms with Gasteiger partial charge in [0.1, 0.15) is 30.3 Å². The second-order valence-corrected chi connectivity index (χ2v) is 9.31. The minimum absolute atomic E-state index is 0.935. The van der Waals surface area contributed by atoms with Crippen molar-refractivity contribution in [3.63, 3.8) is 0 Å². The molecule has 12 heteroatoms. The molecule has 0 radical (unpaired) electrons. The number of aromatic nitrogens is 12. The lowest BCUT2D eigenvalue weighted by Crippen LogP contribution is -1.87. The molecule has 0 unspecified atom stereocenters. The predicted molar refractivity (Wildman–Crippen MR) is 172 cm³/mol. The fraction of sp³-hybridized carbons (Fsp3) is 0. The highest BCUT2D eigenvalue weighted by atomic mass is 15.2. The molecule has 0 saturated carbocycles. The lowest BCUT2D eigenvalue weighted by Gasteiger charge is -1.87. The summed E-state index contributed by atoms with van der Waals surface area (Å²) in [7, 11) is 0.